The van der Waals surface area contributed by atoms with Crippen LogP contribution in [0.15, 0.2) is 59.0 Å². The first-order valence-corrected chi connectivity index (χ1v) is 6.58. The molecule has 0 spiro atoms. The van der Waals surface area contributed by atoms with Crippen LogP contribution in [0, 0.1) is 0 Å². The van der Waals surface area contributed by atoms with Gasteiger partial charge in [0.15, 0.2) is 5.76 Å². The lowest BCUT2D eigenvalue weighted by Crippen LogP contribution is -2.19. The van der Waals surface area contributed by atoms with Gasteiger partial charge in [-0.15, -0.1) is 0 Å². The first-order valence-electron chi connectivity index (χ1n) is 6.58. The Morgan fingerprint density at radius 3 is 2.36 bits per heavy atom. The van der Waals surface area contributed by atoms with Crippen molar-refractivity contribution in [3.05, 3.63) is 60.4 Å². The molecule has 3 rings (SSSR count). The number of urea groups is 1. The molecule has 6 nitrogen and oxygen atoms in total. The number of hydrogen-bond donors (Lipinski definition) is 3. The Bertz CT molecular complexity index is 821. The summed E-state index contributed by atoms with van der Waals surface area (Å²) < 4.78 is 5.50. The van der Waals surface area contributed by atoms with Gasteiger partial charge in [-0.25, -0.2) is 4.79 Å². The van der Waals surface area contributed by atoms with E-state index in [0.29, 0.717) is 17.0 Å². The maximum Gasteiger partial charge on any atom is 0.316 e. The summed E-state index contributed by atoms with van der Waals surface area (Å²) in [6.45, 7) is 0. The van der Waals surface area contributed by atoms with Gasteiger partial charge in [-0.05, 0) is 30.3 Å². The van der Waals surface area contributed by atoms with Crippen LogP contribution in [0.2, 0.25) is 0 Å². The molecule has 6 heteroatoms. The summed E-state index contributed by atoms with van der Waals surface area (Å²) in [5, 5.41) is 6.01. The lowest BCUT2D eigenvalue weighted by molar-refractivity contribution is 0.0998. The molecule has 0 saturated carbocycles. The van der Waals surface area contributed by atoms with E-state index in [4.69, 9.17) is 10.2 Å². The van der Waals surface area contributed by atoms with E-state index in [1.807, 2.05) is 18.2 Å². The van der Waals surface area contributed by atoms with Crippen molar-refractivity contribution < 1.29 is 14.0 Å². The highest BCUT2D eigenvalue weighted by Gasteiger charge is 2.12. The molecule has 110 valence electrons. The van der Waals surface area contributed by atoms with Crippen LogP contribution in [-0.2, 0) is 0 Å². The third kappa shape index (κ3) is 2.90. The standard InChI is InChI=1S/C16H13N3O3/c17-16(21)19-12-6-3-5-11(9-12)18-15(20)14-8-10-4-1-2-7-13(10)22-14/h1-9H,(H,18,20)(H3,17,19,21). The summed E-state index contributed by atoms with van der Waals surface area (Å²) >= 11 is 0. The number of hydrogen-bond acceptors (Lipinski definition) is 3. The highest BCUT2D eigenvalue weighted by molar-refractivity contribution is 6.05. The van der Waals surface area contributed by atoms with Gasteiger partial charge in [-0.2, -0.15) is 0 Å². The van der Waals surface area contributed by atoms with Crippen molar-refractivity contribution in [1.29, 1.82) is 0 Å². The molecule has 1 heterocycles. The molecular weight excluding hydrogens is 282 g/mol. The Morgan fingerprint density at radius 1 is 0.909 bits per heavy atom. The number of carbonyl (C=O) groups is 2. The van der Waals surface area contributed by atoms with Gasteiger partial charge in [0, 0.05) is 16.8 Å². The van der Waals surface area contributed by atoms with Gasteiger partial charge in [-0.3, -0.25) is 4.79 Å². The Labute approximate surface area is 125 Å². The summed E-state index contributed by atoms with van der Waals surface area (Å²) in [7, 11) is 0. The maximum atomic E-state index is 12.2. The lowest BCUT2D eigenvalue weighted by atomic mass is 10.2. The van der Waals surface area contributed by atoms with Crippen molar-refractivity contribution in [2.75, 3.05) is 10.6 Å². The minimum atomic E-state index is -0.666. The van der Waals surface area contributed by atoms with Crippen LogP contribution in [0.4, 0.5) is 16.2 Å². The molecule has 0 fully saturated rings. The molecule has 0 bridgehead atoms. The third-order valence-electron chi connectivity index (χ3n) is 3.04. The van der Waals surface area contributed by atoms with Crippen molar-refractivity contribution in [1.82, 2.24) is 0 Å². The molecular formula is C16H13N3O3. The van der Waals surface area contributed by atoms with Crippen molar-refractivity contribution in [2.24, 2.45) is 5.73 Å². The average molecular weight is 295 g/mol. The molecule has 3 amide bonds. The number of fused-ring (bicyclic) bond motifs is 1. The molecule has 0 atom stereocenters. The summed E-state index contributed by atoms with van der Waals surface area (Å²) in [6.07, 6.45) is 0. The molecule has 0 unspecified atom stereocenters. The third-order valence-corrected chi connectivity index (χ3v) is 3.04. The predicted molar refractivity (Wildman–Crippen MR) is 83.8 cm³/mol. The summed E-state index contributed by atoms with van der Waals surface area (Å²) in [5.74, 6) is -0.151. The summed E-state index contributed by atoms with van der Waals surface area (Å²) in [4.78, 5) is 23.0. The molecule has 0 aliphatic heterocycles. The molecule has 0 radical (unpaired) electrons. The van der Waals surface area contributed by atoms with Crippen LogP contribution in [0.3, 0.4) is 0 Å². The largest absolute Gasteiger partial charge is 0.451 e. The Balaban J connectivity index is 1.80. The molecule has 0 saturated heterocycles. The molecule has 3 aromatic rings. The van der Waals surface area contributed by atoms with E-state index in [1.54, 1.807) is 36.4 Å². The van der Waals surface area contributed by atoms with Crippen molar-refractivity contribution in [3.63, 3.8) is 0 Å². The van der Waals surface area contributed by atoms with Crippen LogP contribution in [0.5, 0.6) is 0 Å². The van der Waals surface area contributed by atoms with E-state index in [1.165, 1.54) is 0 Å². The minimum Gasteiger partial charge on any atom is -0.451 e. The molecule has 22 heavy (non-hydrogen) atoms. The van der Waals surface area contributed by atoms with Crippen LogP contribution >= 0.6 is 0 Å². The number of primary amides is 1. The fourth-order valence-corrected chi connectivity index (χ4v) is 2.10. The van der Waals surface area contributed by atoms with E-state index >= 15 is 0 Å². The number of furan rings is 1. The quantitative estimate of drug-likeness (QED) is 0.692. The number of rotatable bonds is 3. The Morgan fingerprint density at radius 2 is 1.64 bits per heavy atom. The monoisotopic (exact) mass is 295 g/mol. The topological polar surface area (TPSA) is 97.4 Å². The number of carbonyl (C=O) groups excluding carboxylic acids is 2. The second-order valence-corrected chi connectivity index (χ2v) is 4.67. The Kier molecular flexibility index (Phi) is 3.49. The second-order valence-electron chi connectivity index (χ2n) is 4.67. The number of nitrogens with two attached hydrogens (primary N) is 1. The van der Waals surface area contributed by atoms with E-state index in [-0.39, 0.29) is 11.7 Å². The van der Waals surface area contributed by atoms with Crippen molar-refractivity contribution in [3.8, 4) is 0 Å². The molecule has 4 N–H and O–H groups in total. The van der Waals surface area contributed by atoms with Gasteiger partial charge in [0.05, 0.1) is 0 Å². The van der Waals surface area contributed by atoms with E-state index < -0.39 is 6.03 Å². The van der Waals surface area contributed by atoms with Gasteiger partial charge in [0.25, 0.3) is 5.91 Å². The van der Waals surface area contributed by atoms with Gasteiger partial charge < -0.3 is 20.8 Å². The average Bonchev–Trinajstić information content (AvgIpc) is 2.91. The normalized spacial score (nSPS) is 10.4. The Hall–Kier alpha value is -3.28. The van der Waals surface area contributed by atoms with Crippen LogP contribution in [0.1, 0.15) is 10.6 Å². The highest BCUT2D eigenvalue weighted by atomic mass is 16.3. The van der Waals surface area contributed by atoms with E-state index in [0.717, 1.165) is 5.39 Å². The maximum absolute atomic E-state index is 12.2. The molecule has 0 aliphatic rings. The van der Waals surface area contributed by atoms with E-state index in [9.17, 15) is 9.59 Å². The number of amides is 3. The second kappa shape index (κ2) is 5.61. The number of benzene rings is 2. The number of nitrogens with one attached hydrogen (secondary N) is 2. The van der Waals surface area contributed by atoms with Gasteiger partial charge in [0.2, 0.25) is 0 Å². The zero-order chi connectivity index (χ0) is 15.5. The van der Waals surface area contributed by atoms with Gasteiger partial charge in [0.1, 0.15) is 5.58 Å². The predicted octanol–water partition coefficient (Wildman–Crippen LogP) is 3.18. The van der Waals surface area contributed by atoms with Crippen LogP contribution in [0.25, 0.3) is 11.0 Å². The first-order chi connectivity index (χ1) is 10.6. The summed E-state index contributed by atoms with van der Waals surface area (Å²) in [6, 6.07) is 15.1. The number of anilines is 2. The molecule has 0 aliphatic carbocycles. The van der Waals surface area contributed by atoms with Gasteiger partial charge >= 0.3 is 6.03 Å². The molecule has 2 aromatic carbocycles. The fourth-order valence-electron chi connectivity index (χ4n) is 2.10. The number of para-hydroxylation sites is 1. The van der Waals surface area contributed by atoms with Crippen LogP contribution < -0.4 is 16.4 Å². The summed E-state index contributed by atoms with van der Waals surface area (Å²) in [5.41, 5.74) is 6.73. The zero-order valence-electron chi connectivity index (χ0n) is 11.5. The van der Waals surface area contributed by atoms with Crippen LogP contribution in [-0.4, -0.2) is 11.9 Å². The molecule has 1 aromatic heterocycles. The zero-order valence-corrected chi connectivity index (χ0v) is 11.5. The van der Waals surface area contributed by atoms with Gasteiger partial charge in [-0.1, -0.05) is 24.3 Å². The minimum absolute atomic E-state index is 0.217. The van der Waals surface area contributed by atoms with E-state index in [2.05, 4.69) is 10.6 Å². The first kappa shape index (κ1) is 13.7. The lowest BCUT2D eigenvalue weighted by Gasteiger charge is -2.06. The van der Waals surface area contributed by atoms with Crippen molar-refractivity contribution in [2.45, 2.75) is 0 Å². The smallest absolute Gasteiger partial charge is 0.316 e. The fraction of sp³-hybridized carbons (Fsp3) is 0. The van der Waals surface area contributed by atoms with Crippen molar-refractivity contribution >= 4 is 34.3 Å². The SMILES string of the molecule is NC(=O)Nc1cccc(NC(=O)c2cc3ccccc3o2)c1. The highest BCUT2D eigenvalue weighted by Crippen LogP contribution is 2.21.